The lowest BCUT2D eigenvalue weighted by molar-refractivity contribution is -0.204. The number of rotatable bonds is 16. The van der Waals surface area contributed by atoms with Gasteiger partial charge in [0.15, 0.2) is 13.5 Å². The minimum atomic E-state index is -2.18. The third kappa shape index (κ3) is 10.4. The number of amides is 1. The normalized spacial score (nSPS) is 21.7. The maximum absolute atomic E-state index is 12.6. The molecule has 5 atom stereocenters. The lowest BCUT2D eigenvalue weighted by atomic mass is 9.97. The Kier molecular flexibility index (Phi) is 13.8. The summed E-state index contributed by atoms with van der Waals surface area (Å²) >= 11 is 1.29. The predicted octanol–water partition coefficient (Wildman–Crippen LogP) is 7.59. The first-order chi connectivity index (χ1) is 24.9. The molecule has 282 valence electrons. The number of nitrogens with zero attached hydrogens (tertiary/aromatic N) is 2. The largest absolute Gasteiger partial charge is 0.497 e. The zero-order valence-corrected chi connectivity index (χ0v) is 33.0. The van der Waals surface area contributed by atoms with Crippen molar-refractivity contribution in [3.8, 4) is 11.5 Å². The molecule has 1 N–H and O–H groups in total. The maximum atomic E-state index is 12.6. The third-order valence-electron chi connectivity index (χ3n) is 9.75. The van der Waals surface area contributed by atoms with Crippen LogP contribution in [0.2, 0.25) is 18.1 Å². The van der Waals surface area contributed by atoms with Crippen molar-refractivity contribution in [2.24, 2.45) is 4.99 Å². The molecule has 13 heteroatoms. The molecule has 0 radical (unpaired) electrons. The van der Waals surface area contributed by atoms with Gasteiger partial charge in [0.05, 0.1) is 53.8 Å². The van der Waals surface area contributed by atoms with E-state index in [-0.39, 0.29) is 31.4 Å². The number of aliphatic imine (C=N–C) groups is 1. The Morgan fingerprint density at radius 3 is 1.94 bits per heavy atom. The second-order valence-electron chi connectivity index (χ2n) is 14.4. The molecule has 2 aliphatic heterocycles. The van der Waals surface area contributed by atoms with Crippen molar-refractivity contribution in [2.75, 3.05) is 34.0 Å². The van der Waals surface area contributed by atoms with Gasteiger partial charge in [-0.1, -0.05) is 87.1 Å². The Balaban J connectivity index is 1.41. The lowest BCUT2D eigenvalue weighted by Crippen LogP contribution is -2.59. The quantitative estimate of drug-likeness (QED) is 0.116. The number of fused-ring (bicyclic) bond motifs is 1. The van der Waals surface area contributed by atoms with E-state index in [0.29, 0.717) is 18.4 Å². The van der Waals surface area contributed by atoms with E-state index in [0.717, 1.165) is 28.2 Å². The molecule has 52 heavy (non-hydrogen) atoms. The van der Waals surface area contributed by atoms with E-state index < -0.39 is 44.2 Å². The Labute approximate surface area is 312 Å². The highest BCUT2D eigenvalue weighted by Crippen LogP contribution is 2.42. The molecule has 1 fully saturated rings. The molecule has 11 nitrogen and oxygen atoms in total. The van der Waals surface area contributed by atoms with E-state index in [4.69, 9.17) is 37.8 Å². The molecule has 0 saturated carbocycles. The fourth-order valence-corrected chi connectivity index (χ4v) is 7.83. The van der Waals surface area contributed by atoms with Crippen LogP contribution < -0.4 is 9.47 Å². The molecule has 3 aromatic carbocycles. The van der Waals surface area contributed by atoms with E-state index in [2.05, 4.69) is 33.9 Å². The van der Waals surface area contributed by atoms with Crippen molar-refractivity contribution in [3.05, 3.63) is 95.6 Å². The average molecular weight is 753 g/mol. The third-order valence-corrected chi connectivity index (χ3v) is 15.4. The number of amidine groups is 1. The van der Waals surface area contributed by atoms with Crippen LogP contribution in [-0.4, -0.2) is 93.4 Å². The van der Waals surface area contributed by atoms with Crippen molar-refractivity contribution in [3.63, 3.8) is 0 Å². The summed E-state index contributed by atoms with van der Waals surface area (Å²) in [5, 5.41) is 10.6. The monoisotopic (exact) mass is 752 g/mol. The van der Waals surface area contributed by atoms with Gasteiger partial charge in [0.2, 0.25) is 0 Å². The van der Waals surface area contributed by atoms with Crippen LogP contribution in [0, 0.1) is 0 Å². The number of methoxy groups -OCH3 is 2. The van der Waals surface area contributed by atoms with Crippen molar-refractivity contribution >= 4 is 31.3 Å². The molecule has 3 aromatic rings. The predicted molar refractivity (Wildman–Crippen MR) is 205 cm³/mol. The molecule has 2 heterocycles. The molecular formula is C39H52N2O9SSi. The average Bonchev–Trinajstić information content (AvgIpc) is 3.55. The van der Waals surface area contributed by atoms with Crippen LogP contribution in [0.4, 0.5) is 4.79 Å². The van der Waals surface area contributed by atoms with Gasteiger partial charge in [-0.3, -0.25) is 9.89 Å². The van der Waals surface area contributed by atoms with E-state index in [1.807, 2.05) is 78.9 Å². The van der Waals surface area contributed by atoms with Crippen molar-refractivity contribution in [2.45, 2.75) is 88.5 Å². The van der Waals surface area contributed by atoms with Gasteiger partial charge in [-0.05, 0) is 59.1 Å². The van der Waals surface area contributed by atoms with Gasteiger partial charge in [-0.2, -0.15) is 0 Å². The van der Waals surface area contributed by atoms with Gasteiger partial charge >= 0.3 is 6.09 Å². The van der Waals surface area contributed by atoms with Gasteiger partial charge in [-0.15, -0.1) is 0 Å². The molecule has 5 rings (SSSR count). The van der Waals surface area contributed by atoms with Gasteiger partial charge in [0, 0.05) is 0 Å². The van der Waals surface area contributed by atoms with Crippen molar-refractivity contribution in [1.82, 2.24) is 4.90 Å². The van der Waals surface area contributed by atoms with Crippen LogP contribution in [0.15, 0.2) is 83.9 Å². The van der Waals surface area contributed by atoms with Crippen LogP contribution in [0.1, 0.15) is 37.5 Å². The van der Waals surface area contributed by atoms with Crippen molar-refractivity contribution in [1.29, 1.82) is 0 Å². The Hall–Kier alpha value is -3.43. The highest BCUT2D eigenvalue weighted by Gasteiger charge is 2.52. The molecule has 0 aromatic heterocycles. The summed E-state index contributed by atoms with van der Waals surface area (Å²) < 4.78 is 43.5. The first-order valence-corrected chi connectivity index (χ1v) is 21.3. The van der Waals surface area contributed by atoms with Crippen LogP contribution in [-0.2, 0) is 43.2 Å². The zero-order chi connectivity index (χ0) is 37.3. The lowest BCUT2D eigenvalue weighted by Gasteiger charge is -2.44. The summed E-state index contributed by atoms with van der Waals surface area (Å²) in [5.74, 6) is 1.51. The number of hydrogen-bond donors (Lipinski definition) is 1. The Morgan fingerprint density at radius 1 is 0.846 bits per heavy atom. The maximum Gasteiger partial charge on any atom is 0.413 e. The summed E-state index contributed by atoms with van der Waals surface area (Å²) in [4.78, 5) is 18.8. The Bertz CT molecular complexity index is 1600. The summed E-state index contributed by atoms with van der Waals surface area (Å²) in [5.41, 5.74) is 2.40. The Morgan fingerprint density at radius 2 is 1.40 bits per heavy atom. The molecular weight excluding hydrogens is 701 g/mol. The van der Waals surface area contributed by atoms with E-state index in [1.54, 1.807) is 14.2 Å². The molecule has 1 saturated heterocycles. The SMILES string of the molecule is COc1ccc(CO[C@@H]2[C@H]3N=C(N(CCOCc4ccccc4)C(=O)O)S[C@H]3O[C@H](CO[Si](C)(C)C(C)(C)C)[C@H]2OCc2ccc(OC)cc2)cc1. The fourth-order valence-electron chi connectivity index (χ4n) is 5.58. The van der Waals surface area contributed by atoms with Crippen LogP contribution >= 0.6 is 11.8 Å². The number of thioether (sulfide) groups is 1. The summed E-state index contributed by atoms with van der Waals surface area (Å²) in [7, 11) is 1.09. The number of carbonyl (C=O) groups is 1. The van der Waals surface area contributed by atoms with E-state index >= 15 is 0 Å². The smallest absolute Gasteiger partial charge is 0.413 e. The van der Waals surface area contributed by atoms with Crippen LogP contribution in [0.5, 0.6) is 11.5 Å². The van der Waals surface area contributed by atoms with Gasteiger partial charge in [-0.25, -0.2) is 4.79 Å². The van der Waals surface area contributed by atoms with Crippen molar-refractivity contribution < 1.29 is 42.7 Å². The highest BCUT2D eigenvalue weighted by atomic mass is 32.2. The number of ether oxygens (including phenoxy) is 6. The molecule has 0 unspecified atom stereocenters. The van der Waals surface area contributed by atoms with Crippen LogP contribution in [0.25, 0.3) is 0 Å². The van der Waals surface area contributed by atoms with E-state index in [9.17, 15) is 9.90 Å². The number of hydrogen-bond acceptors (Lipinski definition) is 10. The first kappa shape index (κ1) is 39.8. The minimum Gasteiger partial charge on any atom is -0.497 e. The number of carboxylic acid groups (broad SMARTS) is 1. The second kappa shape index (κ2) is 18.1. The fraction of sp³-hybridized carbons (Fsp3) is 0.487. The molecule has 1 amide bonds. The van der Waals surface area contributed by atoms with Gasteiger partial charge in [0.1, 0.15) is 41.3 Å². The number of benzene rings is 3. The second-order valence-corrected chi connectivity index (χ2v) is 20.2. The topological polar surface area (TPSA) is 118 Å². The van der Waals surface area contributed by atoms with E-state index in [1.165, 1.54) is 16.7 Å². The molecule has 0 aliphatic carbocycles. The van der Waals surface area contributed by atoms with Gasteiger partial charge in [0.25, 0.3) is 0 Å². The summed E-state index contributed by atoms with van der Waals surface area (Å²) in [6.07, 6.45) is -2.79. The first-order valence-electron chi connectivity index (χ1n) is 17.5. The summed E-state index contributed by atoms with van der Waals surface area (Å²) in [6.45, 7) is 12.6. The van der Waals surface area contributed by atoms with Crippen LogP contribution in [0.3, 0.4) is 0 Å². The standard InChI is InChI=1S/C39H52N2O9SSi/c1-39(2,3)52(6,7)49-26-32-34(47-24-28-13-17-30(44-4)18-14-28)35(48-25-29-15-19-31(45-5)20-16-29)33-36(50-32)51-37(40-33)41(38(42)43)21-22-46-23-27-11-9-8-10-12-27/h8-20,32-36H,21-26H2,1-7H3,(H,42,43)/t32-,33-,34-,35-,36-/m1/s1. The molecule has 0 spiro atoms. The molecule has 2 aliphatic rings. The van der Waals surface area contributed by atoms with Gasteiger partial charge < -0.3 is 38.0 Å². The minimum absolute atomic E-state index is 0.0170. The zero-order valence-electron chi connectivity index (χ0n) is 31.2. The summed E-state index contributed by atoms with van der Waals surface area (Å²) in [6, 6.07) is 24.7. The molecule has 0 bridgehead atoms. The highest BCUT2D eigenvalue weighted by molar-refractivity contribution is 8.14.